The first-order chi connectivity index (χ1) is 11.7. The van der Waals surface area contributed by atoms with E-state index in [-0.39, 0.29) is 18.4 Å². The Morgan fingerprint density at radius 3 is 2.46 bits per heavy atom. The van der Waals surface area contributed by atoms with Crippen molar-refractivity contribution in [3.8, 4) is 0 Å². The number of thiophene rings is 1. The van der Waals surface area contributed by atoms with E-state index in [1.165, 1.54) is 12.0 Å². The van der Waals surface area contributed by atoms with Gasteiger partial charge in [-0.15, -0.1) is 11.3 Å². The van der Waals surface area contributed by atoms with Crippen molar-refractivity contribution < 1.29 is 19.4 Å². The SMILES string of the molecule is COC(=O)c1ccc(C(=O)NCC[C@@H](CCO)c2cccs2)cc1. The Bertz CT molecular complexity index is 652. The molecule has 0 fully saturated rings. The number of carbonyl (C=O) groups is 2. The minimum atomic E-state index is -0.426. The monoisotopic (exact) mass is 347 g/mol. The van der Waals surface area contributed by atoms with Crippen molar-refractivity contribution in [1.82, 2.24) is 5.32 Å². The van der Waals surface area contributed by atoms with E-state index in [0.29, 0.717) is 24.1 Å². The molecule has 0 spiro atoms. The lowest BCUT2D eigenvalue weighted by atomic mass is 10.00. The first-order valence-corrected chi connectivity index (χ1v) is 8.64. The van der Waals surface area contributed by atoms with Crippen molar-refractivity contribution in [3.63, 3.8) is 0 Å². The van der Waals surface area contributed by atoms with Crippen LogP contribution < -0.4 is 5.32 Å². The van der Waals surface area contributed by atoms with E-state index in [1.807, 2.05) is 11.4 Å². The van der Waals surface area contributed by atoms with Gasteiger partial charge >= 0.3 is 5.97 Å². The van der Waals surface area contributed by atoms with Gasteiger partial charge in [-0.05, 0) is 54.5 Å². The summed E-state index contributed by atoms with van der Waals surface area (Å²) in [6.45, 7) is 0.658. The Balaban J connectivity index is 1.87. The number of aliphatic hydroxyl groups excluding tert-OH is 1. The maximum atomic E-state index is 12.1. The molecule has 0 saturated heterocycles. The number of amides is 1. The van der Waals surface area contributed by atoms with Gasteiger partial charge in [0.15, 0.2) is 0 Å². The van der Waals surface area contributed by atoms with E-state index in [2.05, 4.69) is 16.1 Å². The Kier molecular flexibility index (Phi) is 6.96. The number of benzene rings is 1. The minimum absolute atomic E-state index is 0.130. The van der Waals surface area contributed by atoms with Gasteiger partial charge in [-0.1, -0.05) is 6.07 Å². The van der Waals surface area contributed by atoms with Gasteiger partial charge in [0.1, 0.15) is 0 Å². The molecule has 2 N–H and O–H groups in total. The molecule has 5 nitrogen and oxygen atoms in total. The molecular weight excluding hydrogens is 326 g/mol. The summed E-state index contributed by atoms with van der Waals surface area (Å²) in [6, 6.07) is 10.4. The molecule has 0 aliphatic heterocycles. The summed E-state index contributed by atoms with van der Waals surface area (Å²) in [6.07, 6.45) is 1.46. The Hall–Kier alpha value is -2.18. The van der Waals surface area contributed by atoms with Gasteiger partial charge in [0.25, 0.3) is 5.91 Å². The second-order valence-electron chi connectivity index (χ2n) is 5.34. The zero-order valence-electron chi connectivity index (χ0n) is 13.5. The highest BCUT2D eigenvalue weighted by atomic mass is 32.1. The van der Waals surface area contributed by atoms with Crippen LogP contribution in [0, 0.1) is 0 Å². The van der Waals surface area contributed by atoms with Crippen molar-refractivity contribution in [3.05, 3.63) is 57.8 Å². The fourth-order valence-corrected chi connectivity index (χ4v) is 3.35. The molecule has 0 radical (unpaired) electrons. The first-order valence-electron chi connectivity index (χ1n) is 7.76. The number of esters is 1. The van der Waals surface area contributed by atoms with Crippen molar-refractivity contribution in [2.24, 2.45) is 0 Å². The van der Waals surface area contributed by atoms with Gasteiger partial charge in [-0.25, -0.2) is 4.79 Å². The molecule has 0 aliphatic rings. The topological polar surface area (TPSA) is 75.6 Å². The number of rotatable bonds is 8. The normalized spacial score (nSPS) is 11.8. The summed E-state index contributed by atoms with van der Waals surface area (Å²) < 4.78 is 4.63. The molecule has 0 saturated carbocycles. The largest absolute Gasteiger partial charge is 0.465 e. The number of nitrogens with one attached hydrogen (secondary N) is 1. The molecule has 0 bridgehead atoms. The van der Waals surface area contributed by atoms with Crippen LogP contribution in [0.15, 0.2) is 41.8 Å². The van der Waals surface area contributed by atoms with Crippen molar-refractivity contribution >= 4 is 23.2 Å². The molecule has 2 aromatic rings. The minimum Gasteiger partial charge on any atom is -0.465 e. The molecule has 1 aromatic carbocycles. The summed E-state index contributed by atoms with van der Waals surface area (Å²) >= 11 is 1.67. The smallest absolute Gasteiger partial charge is 0.337 e. The zero-order valence-corrected chi connectivity index (χ0v) is 14.3. The molecule has 2 rings (SSSR count). The van der Waals surface area contributed by atoms with E-state index >= 15 is 0 Å². The highest BCUT2D eigenvalue weighted by Gasteiger charge is 2.13. The molecule has 1 atom stereocenters. The van der Waals surface area contributed by atoms with Crippen LogP contribution in [0.25, 0.3) is 0 Å². The quantitative estimate of drug-likeness (QED) is 0.720. The van der Waals surface area contributed by atoms with Gasteiger partial charge < -0.3 is 15.2 Å². The summed E-state index contributed by atoms with van der Waals surface area (Å²) in [5.41, 5.74) is 0.909. The van der Waals surface area contributed by atoms with Crippen LogP contribution in [-0.2, 0) is 4.74 Å². The average molecular weight is 347 g/mol. The molecule has 1 heterocycles. The maximum absolute atomic E-state index is 12.1. The third kappa shape index (κ3) is 4.91. The van der Waals surface area contributed by atoms with Gasteiger partial charge in [0.05, 0.1) is 12.7 Å². The molecule has 6 heteroatoms. The molecule has 0 aliphatic carbocycles. The summed E-state index contributed by atoms with van der Waals surface area (Å²) in [5.74, 6) is -0.359. The van der Waals surface area contributed by atoms with E-state index in [9.17, 15) is 14.7 Å². The maximum Gasteiger partial charge on any atom is 0.337 e. The lowest BCUT2D eigenvalue weighted by molar-refractivity contribution is 0.0600. The van der Waals surface area contributed by atoms with E-state index in [4.69, 9.17) is 0 Å². The van der Waals surface area contributed by atoms with Gasteiger partial charge in [0, 0.05) is 23.6 Å². The number of aliphatic hydroxyl groups is 1. The Morgan fingerprint density at radius 2 is 1.88 bits per heavy atom. The zero-order chi connectivity index (χ0) is 17.4. The molecule has 1 aromatic heterocycles. The van der Waals surface area contributed by atoms with E-state index in [1.54, 1.807) is 35.6 Å². The van der Waals surface area contributed by atoms with Crippen LogP contribution in [0.5, 0.6) is 0 Å². The lowest BCUT2D eigenvalue weighted by Gasteiger charge is -2.14. The fraction of sp³-hybridized carbons (Fsp3) is 0.333. The molecule has 1 amide bonds. The second-order valence-corrected chi connectivity index (χ2v) is 6.32. The average Bonchev–Trinajstić information content (AvgIpc) is 3.14. The first kappa shape index (κ1) is 18.2. The summed E-state index contributed by atoms with van der Waals surface area (Å²) in [5, 5.41) is 14.1. The third-order valence-electron chi connectivity index (χ3n) is 3.77. The van der Waals surface area contributed by atoms with Crippen molar-refractivity contribution in [2.75, 3.05) is 20.3 Å². The van der Waals surface area contributed by atoms with Crippen LogP contribution in [0.3, 0.4) is 0 Å². The van der Waals surface area contributed by atoms with Crippen LogP contribution >= 0.6 is 11.3 Å². The number of methoxy groups -OCH3 is 1. The lowest BCUT2D eigenvalue weighted by Crippen LogP contribution is -2.25. The number of ether oxygens (including phenoxy) is 1. The van der Waals surface area contributed by atoms with Crippen LogP contribution in [-0.4, -0.2) is 37.2 Å². The highest BCUT2D eigenvalue weighted by molar-refractivity contribution is 7.10. The van der Waals surface area contributed by atoms with Crippen molar-refractivity contribution in [1.29, 1.82) is 0 Å². The van der Waals surface area contributed by atoms with E-state index < -0.39 is 5.97 Å². The predicted octanol–water partition coefficient (Wildman–Crippen LogP) is 2.82. The molecular formula is C18H21NO4S. The van der Waals surface area contributed by atoms with Gasteiger partial charge in [-0.2, -0.15) is 0 Å². The number of carbonyl (C=O) groups excluding carboxylic acids is 2. The summed E-state index contributed by atoms with van der Waals surface area (Å²) in [7, 11) is 1.32. The molecule has 0 unspecified atom stereocenters. The molecule has 24 heavy (non-hydrogen) atoms. The van der Waals surface area contributed by atoms with Crippen LogP contribution in [0.2, 0.25) is 0 Å². The third-order valence-corrected chi connectivity index (χ3v) is 4.80. The Morgan fingerprint density at radius 1 is 1.17 bits per heavy atom. The highest BCUT2D eigenvalue weighted by Crippen LogP contribution is 2.26. The predicted molar refractivity (Wildman–Crippen MR) is 93.5 cm³/mol. The summed E-state index contributed by atoms with van der Waals surface area (Å²) in [4.78, 5) is 24.7. The van der Waals surface area contributed by atoms with Crippen LogP contribution in [0.1, 0.15) is 44.4 Å². The number of hydrogen-bond acceptors (Lipinski definition) is 5. The van der Waals surface area contributed by atoms with Gasteiger partial charge in [-0.3, -0.25) is 4.79 Å². The number of hydrogen-bond donors (Lipinski definition) is 2. The van der Waals surface area contributed by atoms with Gasteiger partial charge in [0.2, 0.25) is 0 Å². The Labute approximate surface area is 145 Å². The standard InChI is InChI=1S/C18H21NO4S/c1-23-18(22)15-6-4-14(5-7-15)17(21)19-10-8-13(9-11-20)16-3-2-12-24-16/h2-7,12-13,20H,8-11H2,1H3,(H,19,21)/t13-/m0/s1. The fourth-order valence-electron chi connectivity index (χ4n) is 2.45. The second kappa shape index (κ2) is 9.20. The van der Waals surface area contributed by atoms with E-state index in [0.717, 1.165) is 6.42 Å². The molecule has 128 valence electrons. The van der Waals surface area contributed by atoms with Crippen molar-refractivity contribution in [2.45, 2.75) is 18.8 Å². The van der Waals surface area contributed by atoms with Crippen LogP contribution in [0.4, 0.5) is 0 Å².